The second-order valence-electron chi connectivity index (χ2n) is 9.05. The maximum atomic E-state index is 12.2. The Hall–Kier alpha value is -2.28. The molecule has 160 valence electrons. The van der Waals surface area contributed by atoms with Crippen molar-refractivity contribution in [2.24, 2.45) is 5.92 Å². The van der Waals surface area contributed by atoms with Crippen LogP contribution in [0.25, 0.3) is 0 Å². The summed E-state index contributed by atoms with van der Waals surface area (Å²) >= 11 is 0. The Kier molecular flexibility index (Phi) is 6.67. The van der Waals surface area contributed by atoms with Crippen molar-refractivity contribution < 1.29 is 19.4 Å². The molecule has 2 saturated heterocycles. The third-order valence-corrected chi connectivity index (χ3v) is 5.63. The number of carbonyl (C=O) groups excluding carboxylic acids is 1. The summed E-state index contributed by atoms with van der Waals surface area (Å²) in [7, 11) is 0. The molecule has 1 aromatic carbocycles. The Labute approximate surface area is 173 Å². The fourth-order valence-corrected chi connectivity index (χ4v) is 3.99. The number of carbonyl (C=O) groups is 2. The molecule has 2 aliphatic heterocycles. The van der Waals surface area contributed by atoms with Gasteiger partial charge in [-0.15, -0.1) is 0 Å². The second kappa shape index (κ2) is 9.03. The van der Waals surface area contributed by atoms with Gasteiger partial charge in [0, 0.05) is 51.5 Å². The van der Waals surface area contributed by atoms with Gasteiger partial charge in [-0.1, -0.05) is 0 Å². The average Bonchev–Trinajstić information content (AvgIpc) is 2.68. The number of ether oxygens (including phenoxy) is 1. The van der Waals surface area contributed by atoms with Crippen molar-refractivity contribution in [2.75, 3.05) is 50.7 Å². The molecular weight excluding hydrogens is 370 g/mol. The molecule has 2 heterocycles. The Morgan fingerprint density at radius 1 is 1.00 bits per heavy atom. The maximum absolute atomic E-state index is 12.2. The lowest BCUT2D eigenvalue weighted by Crippen LogP contribution is -2.49. The number of aromatic carboxylic acids is 1. The Morgan fingerprint density at radius 3 is 2.10 bits per heavy atom. The normalized spacial score (nSPS) is 19.3. The van der Waals surface area contributed by atoms with Crippen LogP contribution in [0.3, 0.4) is 0 Å². The molecule has 7 nitrogen and oxygen atoms in total. The van der Waals surface area contributed by atoms with Crippen LogP contribution in [-0.2, 0) is 4.74 Å². The average molecular weight is 404 g/mol. The van der Waals surface area contributed by atoms with E-state index >= 15 is 0 Å². The van der Waals surface area contributed by atoms with E-state index in [1.165, 1.54) is 0 Å². The first kappa shape index (κ1) is 21.4. The van der Waals surface area contributed by atoms with Crippen LogP contribution in [0.4, 0.5) is 10.5 Å². The molecule has 0 spiro atoms. The van der Waals surface area contributed by atoms with Crippen LogP contribution in [0, 0.1) is 5.92 Å². The summed E-state index contributed by atoms with van der Waals surface area (Å²) in [6.07, 6.45) is 1.85. The largest absolute Gasteiger partial charge is 0.478 e. The number of rotatable bonds is 4. The highest BCUT2D eigenvalue weighted by molar-refractivity contribution is 5.88. The molecule has 2 aliphatic rings. The standard InChI is InChI=1S/C22H33N3O4/c1-22(2,3)29-21(28)25-10-8-17(9-11-25)16-23-12-14-24(15-13-23)19-6-4-18(5-7-19)20(26)27/h4-7,17H,8-16H2,1-3H3,(H,26,27). The number of hydrogen-bond donors (Lipinski definition) is 1. The van der Waals surface area contributed by atoms with E-state index in [9.17, 15) is 9.59 Å². The van der Waals surface area contributed by atoms with Gasteiger partial charge in [0.05, 0.1) is 5.56 Å². The van der Waals surface area contributed by atoms with E-state index in [1.54, 1.807) is 12.1 Å². The van der Waals surface area contributed by atoms with Crippen LogP contribution in [0.1, 0.15) is 44.0 Å². The fraction of sp³-hybridized carbons (Fsp3) is 0.636. The molecule has 0 radical (unpaired) electrons. The maximum Gasteiger partial charge on any atom is 0.410 e. The van der Waals surface area contributed by atoms with E-state index in [0.29, 0.717) is 11.5 Å². The van der Waals surface area contributed by atoms with Crippen LogP contribution in [0.2, 0.25) is 0 Å². The number of piperazine rings is 1. The first-order valence-corrected chi connectivity index (χ1v) is 10.5. The first-order chi connectivity index (χ1) is 13.7. The molecule has 0 bridgehead atoms. The summed E-state index contributed by atoms with van der Waals surface area (Å²) < 4.78 is 5.48. The van der Waals surface area contributed by atoms with Crippen LogP contribution < -0.4 is 4.90 Å². The zero-order valence-electron chi connectivity index (χ0n) is 17.8. The molecule has 1 amide bonds. The lowest BCUT2D eigenvalue weighted by Gasteiger charge is -2.39. The van der Waals surface area contributed by atoms with E-state index in [1.807, 2.05) is 37.8 Å². The number of carboxylic acid groups (broad SMARTS) is 1. The lowest BCUT2D eigenvalue weighted by atomic mass is 9.96. The van der Waals surface area contributed by atoms with E-state index in [-0.39, 0.29) is 6.09 Å². The minimum Gasteiger partial charge on any atom is -0.478 e. The van der Waals surface area contributed by atoms with Crippen LogP contribution in [0.15, 0.2) is 24.3 Å². The Bertz CT molecular complexity index is 698. The monoisotopic (exact) mass is 403 g/mol. The van der Waals surface area contributed by atoms with Crippen molar-refractivity contribution in [1.29, 1.82) is 0 Å². The Morgan fingerprint density at radius 2 is 1.59 bits per heavy atom. The van der Waals surface area contributed by atoms with Gasteiger partial charge < -0.3 is 19.6 Å². The molecule has 0 aromatic heterocycles. The van der Waals surface area contributed by atoms with Gasteiger partial charge in [-0.25, -0.2) is 9.59 Å². The summed E-state index contributed by atoms with van der Waals surface area (Å²) in [5.41, 5.74) is 0.965. The SMILES string of the molecule is CC(C)(C)OC(=O)N1CCC(CN2CCN(c3ccc(C(=O)O)cc3)CC2)CC1. The van der Waals surface area contributed by atoms with Crippen molar-refractivity contribution in [1.82, 2.24) is 9.80 Å². The summed E-state index contributed by atoms with van der Waals surface area (Å²) in [4.78, 5) is 29.8. The summed E-state index contributed by atoms with van der Waals surface area (Å²) in [5.74, 6) is -0.269. The van der Waals surface area contributed by atoms with Crippen LogP contribution in [0.5, 0.6) is 0 Å². The molecule has 0 atom stereocenters. The zero-order chi connectivity index (χ0) is 21.0. The third-order valence-electron chi connectivity index (χ3n) is 5.63. The fourth-order valence-electron chi connectivity index (χ4n) is 3.99. The highest BCUT2D eigenvalue weighted by Gasteiger charge is 2.28. The number of nitrogens with zero attached hydrogens (tertiary/aromatic N) is 3. The van der Waals surface area contributed by atoms with Crippen LogP contribution >= 0.6 is 0 Å². The molecule has 3 rings (SSSR count). The van der Waals surface area contributed by atoms with Gasteiger partial charge in [-0.05, 0) is 63.8 Å². The van der Waals surface area contributed by atoms with E-state index in [2.05, 4.69) is 9.80 Å². The van der Waals surface area contributed by atoms with E-state index < -0.39 is 11.6 Å². The van der Waals surface area contributed by atoms with Crippen molar-refractivity contribution in [3.05, 3.63) is 29.8 Å². The van der Waals surface area contributed by atoms with Crippen molar-refractivity contribution in [3.63, 3.8) is 0 Å². The smallest absolute Gasteiger partial charge is 0.410 e. The van der Waals surface area contributed by atoms with Crippen molar-refractivity contribution in [3.8, 4) is 0 Å². The van der Waals surface area contributed by atoms with Gasteiger partial charge in [0.1, 0.15) is 5.60 Å². The summed E-state index contributed by atoms with van der Waals surface area (Å²) in [5, 5.41) is 9.02. The molecule has 0 unspecified atom stereocenters. The minimum atomic E-state index is -0.890. The molecule has 1 N–H and O–H groups in total. The number of amides is 1. The third kappa shape index (κ3) is 6.10. The predicted octanol–water partition coefficient (Wildman–Crippen LogP) is 3.15. The first-order valence-electron chi connectivity index (χ1n) is 10.5. The topological polar surface area (TPSA) is 73.3 Å². The minimum absolute atomic E-state index is 0.196. The lowest BCUT2D eigenvalue weighted by molar-refractivity contribution is 0.0168. The molecule has 7 heteroatoms. The van der Waals surface area contributed by atoms with Gasteiger partial charge in [-0.3, -0.25) is 4.90 Å². The van der Waals surface area contributed by atoms with Gasteiger partial charge in [0.25, 0.3) is 0 Å². The second-order valence-corrected chi connectivity index (χ2v) is 9.05. The van der Waals surface area contributed by atoms with E-state index in [4.69, 9.17) is 9.84 Å². The Balaban J connectivity index is 1.40. The number of benzene rings is 1. The highest BCUT2D eigenvalue weighted by Crippen LogP contribution is 2.22. The van der Waals surface area contributed by atoms with Gasteiger partial charge in [0.15, 0.2) is 0 Å². The summed E-state index contributed by atoms with van der Waals surface area (Å²) in [6.45, 7) is 12.2. The molecule has 29 heavy (non-hydrogen) atoms. The quantitative estimate of drug-likeness (QED) is 0.833. The van der Waals surface area contributed by atoms with Gasteiger partial charge in [-0.2, -0.15) is 0 Å². The molecule has 2 fully saturated rings. The van der Waals surface area contributed by atoms with Gasteiger partial charge in [0.2, 0.25) is 0 Å². The number of anilines is 1. The predicted molar refractivity (Wildman–Crippen MR) is 113 cm³/mol. The number of hydrogen-bond acceptors (Lipinski definition) is 5. The number of piperidine rings is 1. The molecule has 0 aliphatic carbocycles. The van der Waals surface area contributed by atoms with Crippen molar-refractivity contribution >= 4 is 17.7 Å². The number of likely N-dealkylation sites (tertiary alicyclic amines) is 1. The van der Waals surface area contributed by atoms with Gasteiger partial charge >= 0.3 is 12.1 Å². The molecular formula is C22H33N3O4. The number of carboxylic acids is 1. The van der Waals surface area contributed by atoms with E-state index in [0.717, 1.165) is 64.3 Å². The van der Waals surface area contributed by atoms with Crippen LogP contribution in [-0.4, -0.2) is 78.4 Å². The highest BCUT2D eigenvalue weighted by atomic mass is 16.6. The summed E-state index contributed by atoms with van der Waals surface area (Å²) in [6, 6.07) is 7.13. The molecule has 0 saturated carbocycles. The zero-order valence-corrected chi connectivity index (χ0v) is 17.8. The molecule has 1 aromatic rings. The van der Waals surface area contributed by atoms with Crippen molar-refractivity contribution in [2.45, 2.75) is 39.2 Å².